The van der Waals surface area contributed by atoms with Gasteiger partial charge in [0.05, 0.1) is 23.1 Å². The predicted molar refractivity (Wildman–Crippen MR) is 127 cm³/mol. The van der Waals surface area contributed by atoms with Crippen molar-refractivity contribution < 1.29 is 13.5 Å². The van der Waals surface area contributed by atoms with Crippen LogP contribution in [0.15, 0.2) is 36.7 Å². The fourth-order valence-corrected chi connectivity index (χ4v) is 6.86. The third-order valence-electron chi connectivity index (χ3n) is 6.71. The van der Waals surface area contributed by atoms with Gasteiger partial charge in [0.25, 0.3) is 0 Å². The molecule has 2 aromatic heterocycles. The molecule has 1 aliphatic carbocycles. The second-order valence-electron chi connectivity index (χ2n) is 9.52. The molecular formula is C23H30N6O3S. The van der Waals surface area contributed by atoms with Crippen LogP contribution in [0.3, 0.4) is 0 Å². The summed E-state index contributed by atoms with van der Waals surface area (Å²) in [5.74, 6) is 1.46. The van der Waals surface area contributed by atoms with Crippen molar-refractivity contribution in [1.82, 2.24) is 24.1 Å². The molecule has 2 N–H and O–H groups in total. The van der Waals surface area contributed by atoms with Crippen molar-refractivity contribution in [1.29, 1.82) is 0 Å². The lowest BCUT2D eigenvalue weighted by Crippen LogP contribution is -2.41. The Hall–Kier alpha value is -2.56. The van der Waals surface area contributed by atoms with E-state index in [2.05, 4.69) is 20.4 Å². The van der Waals surface area contributed by atoms with Gasteiger partial charge in [-0.05, 0) is 57.6 Å². The van der Waals surface area contributed by atoms with Crippen LogP contribution < -0.4 is 5.32 Å². The summed E-state index contributed by atoms with van der Waals surface area (Å²) in [6, 6.07) is 7.91. The summed E-state index contributed by atoms with van der Waals surface area (Å²) in [4.78, 5) is 9.07. The van der Waals surface area contributed by atoms with Crippen LogP contribution >= 0.6 is 0 Å². The van der Waals surface area contributed by atoms with Crippen molar-refractivity contribution in [3.05, 3.63) is 42.2 Å². The van der Waals surface area contributed by atoms with Gasteiger partial charge in [0.2, 0.25) is 16.0 Å². The van der Waals surface area contributed by atoms with Gasteiger partial charge in [-0.15, -0.1) is 0 Å². The number of rotatable bonds is 5. The third kappa shape index (κ3) is 4.34. The first kappa shape index (κ1) is 22.2. The Bertz CT molecular complexity index is 1260. The molecule has 9 nitrogen and oxygen atoms in total. The van der Waals surface area contributed by atoms with Crippen LogP contribution in [0.25, 0.3) is 16.7 Å². The zero-order valence-electron chi connectivity index (χ0n) is 19.0. The minimum absolute atomic E-state index is 0.114. The lowest BCUT2D eigenvalue weighted by molar-refractivity contribution is 0.0802. The molecule has 1 saturated heterocycles. The van der Waals surface area contributed by atoms with E-state index in [1.807, 2.05) is 24.3 Å². The second kappa shape index (κ2) is 8.34. The van der Waals surface area contributed by atoms with Crippen molar-refractivity contribution in [2.45, 2.75) is 63.6 Å². The number of hydrogen-bond acceptors (Lipinski definition) is 7. The number of sulfonamides is 1. The van der Waals surface area contributed by atoms with Crippen molar-refractivity contribution >= 4 is 26.9 Å². The normalized spacial score (nSPS) is 23.7. The molecule has 0 atom stereocenters. The van der Waals surface area contributed by atoms with Crippen LogP contribution in [0.4, 0.5) is 5.95 Å². The summed E-state index contributed by atoms with van der Waals surface area (Å²) in [5, 5.41) is 19.3. The first-order valence-electron chi connectivity index (χ1n) is 11.5. The maximum atomic E-state index is 12.2. The van der Waals surface area contributed by atoms with Crippen LogP contribution in [0.2, 0.25) is 0 Å². The summed E-state index contributed by atoms with van der Waals surface area (Å²) in [6.45, 7) is 4.18. The molecule has 176 valence electrons. The standard InChI is InChI=1S/C23H30N6O3S/c1-23(2,30)19-5-3-6-20-18(19)15-25-29(20)21-11-12-24-22(27-21)26-16-7-9-17(10-8-16)28-13-4-14-33(28,31)32/h3,5-6,11-12,15-17,30H,4,7-10,13-14H2,1-2H3,(H,24,26,27). The molecule has 2 aliphatic rings. The number of aliphatic hydroxyl groups is 1. The first-order chi connectivity index (χ1) is 15.7. The van der Waals surface area contributed by atoms with Crippen LogP contribution in [0, 0.1) is 0 Å². The number of nitrogens with zero attached hydrogens (tertiary/aromatic N) is 5. The van der Waals surface area contributed by atoms with Gasteiger partial charge in [0, 0.05) is 36.3 Å². The number of anilines is 1. The van der Waals surface area contributed by atoms with Gasteiger partial charge in [0.1, 0.15) is 0 Å². The minimum atomic E-state index is -3.06. The van der Waals surface area contributed by atoms with E-state index in [9.17, 15) is 13.5 Å². The molecule has 10 heteroatoms. The van der Waals surface area contributed by atoms with E-state index in [1.54, 1.807) is 35.2 Å². The molecule has 2 fully saturated rings. The van der Waals surface area contributed by atoms with E-state index in [0.717, 1.165) is 48.6 Å². The van der Waals surface area contributed by atoms with Crippen molar-refractivity contribution in [3.8, 4) is 5.82 Å². The lowest BCUT2D eigenvalue weighted by atomic mass is 9.91. The monoisotopic (exact) mass is 470 g/mol. The quantitative estimate of drug-likeness (QED) is 0.589. The lowest BCUT2D eigenvalue weighted by Gasteiger charge is -2.33. The largest absolute Gasteiger partial charge is 0.386 e. The Morgan fingerprint density at radius 1 is 1.15 bits per heavy atom. The highest BCUT2D eigenvalue weighted by Crippen LogP contribution is 2.31. The van der Waals surface area contributed by atoms with Gasteiger partial charge in [-0.25, -0.2) is 18.1 Å². The Kier molecular flexibility index (Phi) is 5.62. The molecule has 0 amide bonds. The molecule has 33 heavy (non-hydrogen) atoms. The minimum Gasteiger partial charge on any atom is -0.386 e. The highest BCUT2D eigenvalue weighted by atomic mass is 32.2. The van der Waals surface area contributed by atoms with Crippen LogP contribution in [-0.2, 0) is 15.6 Å². The van der Waals surface area contributed by atoms with Crippen LogP contribution in [0.5, 0.6) is 0 Å². The Morgan fingerprint density at radius 3 is 2.64 bits per heavy atom. The van der Waals surface area contributed by atoms with Gasteiger partial charge in [-0.1, -0.05) is 12.1 Å². The van der Waals surface area contributed by atoms with Crippen LogP contribution in [0.1, 0.15) is 51.5 Å². The maximum Gasteiger partial charge on any atom is 0.224 e. The van der Waals surface area contributed by atoms with Gasteiger partial charge in [0.15, 0.2) is 5.82 Å². The topological polar surface area (TPSA) is 113 Å². The molecule has 3 aromatic rings. The van der Waals surface area contributed by atoms with Gasteiger partial charge < -0.3 is 10.4 Å². The summed E-state index contributed by atoms with van der Waals surface area (Å²) < 4.78 is 27.9. The second-order valence-corrected chi connectivity index (χ2v) is 11.6. The Labute approximate surface area is 193 Å². The molecular weight excluding hydrogens is 440 g/mol. The average molecular weight is 471 g/mol. The Balaban J connectivity index is 1.31. The summed E-state index contributed by atoms with van der Waals surface area (Å²) in [7, 11) is -3.06. The highest BCUT2D eigenvalue weighted by Gasteiger charge is 2.36. The first-order valence-corrected chi connectivity index (χ1v) is 13.1. The molecule has 0 unspecified atom stereocenters. The molecule has 1 aliphatic heterocycles. The average Bonchev–Trinajstić information content (AvgIpc) is 3.36. The number of hydrogen-bond donors (Lipinski definition) is 2. The zero-order chi connectivity index (χ0) is 23.2. The smallest absolute Gasteiger partial charge is 0.224 e. The van der Waals surface area contributed by atoms with E-state index >= 15 is 0 Å². The van der Waals surface area contributed by atoms with E-state index in [4.69, 9.17) is 0 Å². The molecule has 0 bridgehead atoms. The summed E-state index contributed by atoms with van der Waals surface area (Å²) >= 11 is 0. The van der Waals surface area contributed by atoms with Gasteiger partial charge in [-0.3, -0.25) is 0 Å². The van der Waals surface area contributed by atoms with Gasteiger partial charge in [-0.2, -0.15) is 14.4 Å². The van der Waals surface area contributed by atoms with E-state index in [-0.39, 0.29) is 17.8 Å². The fourth-order valence-electron chi connectivity index (χ4n) is 5.06. The molecule has 5 rings (SSSR count). The SMILES string of the molecule is CC(C)(O)c1cccc2c1cnn2-c1ccnc(NC2CCC(N3CCCS3(=O)=O)CC2)n1. The molecule has 1 saturated carbocycles. The van der Waals surface area contributed by atoms with Crippen molar-refractivity contribution in [3.63, 3.8) is 0 Å². The van der Waals surface area contributed by atoms with Crippen molar-refractivity contribution in [2.75, 3.05) is 17.6 Å². The number of fused-ring (bicyclic) bond motifs is 1. The third-order valence-corrected chi connectivity index (χ3v) is 8.71. The van der Waals surface area contributed by atoms with E-state index < -0.39 is 15.6 Å². The molecule has 0 spiro atoms. The Morgan fingerprint density at radius 2 is 1.94 bits per heavy atom. The maximum absolute atomic E-state index is 12.2. The van der Waals surface area contributed by atoms with E-state index in [1.165, 1.54) is 0 Å². The highest BCUT2D eigenvalue weighted by molar-refractivity contribution is 7.89. The van der Waals surface area contributed by atoms with Crippen LogP contribution in [-0.4, -0.2) is 62.0 Å². The molecule has 0 radical (unpaired) electrons. The number of benzene rings is 1. The van der Waals surface area contributed by atoms with E-state index in [0.29, 0.717) is 18.3 Å². The molecule has 3 heterocycles. The molecule has 1 aromatic carbocycles. The number of aromatic nitrogens is 4. The summed E-state index contributed by atoms with van der Waals surface area (Å²) in [6.07, 6.45) is 7.65. The van der Waals surface area contributed by atoms with Crippen molar-refractivity contribution in [2.24, 2.45) is 0 Å². The number of nitrogens with one attached hydrogen (secondary N) is 1. The zero-order valence-corrected chi connectivity index (χ0v) is 19.8. The van der Waals surface area contributed by atoms with Gasteiger partial charge >= 0.3 is 0 Å². The fraction of sp³-hybridized carbons (Fsp3) is 0.522. The summed E-state index contributed by atoms with van der Waals surface area (Å²) in [5.41, 5.74) is 0.709. The predicted octanol–water partition coefficient (Wildman–Crippen LogP) is 2.80.